The van der Waals surface area contributed by atoms with Crippen LogP contribution in [0.5, 0.6) is 0 Å². The monoisotopic (exact) mass is 484 g/mol. The number of benzene rings is 2. The van der Waals surface area contributed by atoms with Crippen LogP contribution in [0.3, 0.4) is 0 Å². The van der Waals surface area contributed by atoms with Gasteiger partial charge in [0, 0.05) is 22.0 Å². The first kappa shape index (κ1) is 20.0. The number of nitrogens with zero attached hydrogens (tertiary/aromatic N) is 3. The van der Waals surface area contributed by atoms with Gasteiger partial charge in [0.1, 0.15) is 5.03 Å². The number of nitro benzene ring substituents is 1. The number of carbonyl (C=O) groups is 1. The smallest absolute Gasteiger partial charge is 0.270 e. The number of non-ortho nitro benzene ring substituents is 1. The molecular formula is C20H13BrN4O4S. The summed E-state index contributed by atoms with van der Waals surface area (Å²) in [4.78, 5) is 31.9. The molecule has 0 aliphatic heterocycles. The average molecular weight is 485 g/mol. The minimum absolute atomic E-state index is 0.0628. The van der Waals surface area contributed by atoms with Crippen LogP contribution >= 0.6 is 27.7 Å². The minimum atomic E-state index is -0.497. The van der Waals surface area contributed by atoms with E-state index in [-0.39, 0.29) is 17.3 Å². The molecular weight excluding hydrogens is 472 g/mol. The molecule has 0 bridgehead atoms. The summed E-state index contributed by atoms with van der Waals surface area (Å²) in [6, 6.07) is 15.2. The molecule has 0 unspecified atom stereocenters. The van der Waals surface area contributed by atoms with Crippen molar-refractivity contribution in [2.24, 2.45) is 0 Å². The van der Waals surface area contributed by atoms with Crippen LogP contribution in [0, 0.1) is 10.1 Å². The van der Waals surface area contributed by atoms with Crippen molar-refractivity contribution in [2.45, 2.75) is 5.03 Å². The average Bonchev–Trinajstić information content (AvgIpc) is 3.28. The molecule has 0 saturated heterocycles. The highest BCUT2D eigenvalue weighted by atomic mass is 79.9. The third-order valence-electron chi connectivity index (χ3n) is 4.09. The van der Waals surface area contributed by atoms with Gasteiger partial charge in [0.15, 0.2) is 11.6 Å². The molecule has 4 rings (SSSR count). The Balaban J connectivity index is 1.53. The van der Waals surface area contributed by atoms with Gasteiger partial charge >= 0.3 is 0 Å². The van der Waals surface area contributed by atoms with Crippen molar-refractivity contribution in [1.82, 2.24) is 9.97 Å². The van der Waals surface area contributed by atoms with E-state index in [4.69, 9.17) is 4.42 Å². The van der Waals surface area contributed by atoms with Crippen LogP contribution in [0.25, 0.3) is 22.5 Å². The number of rotatable bonds is 6. The maximum atomic E-state index is 12.5. The van der Waals surface area contributed by atoms with E-state index >= 15 is 0 Å². The zero-order chi connectivity index (χ0) is 21.1. The van der Waals surface area contributed by atoms with Gasteiger partial charge in [-0.15, -0.1) is 0 Å². The summed E-state index contributed by atoms with van der Waals surface area (Å²) in [7, 11) is 0. The Kier molecular flexibility index (Phi) is 5.77. The molecule has 2 aromatic heterocycles. The Morgan fingerprint density at radius 3 is 2.73 bits per heavy atom. The van der Waals surface area contributed by atoms with Crippen LogP contribution in [0.2, 0.25) is 0 Å². The third-order valence-corrected chi connectivity index (χ3v) is 5.73. The lowest BCUT2D eigenvalue weighted by Crippen LogP contribution is -2.14. The number of thioether (sulfide) groups is 1. The number of furan rings is 1. The first-order valence-electron chi connectivity index (χ1n) is 8.68. The van der Waals surface area contributed by atoms with Crippen LogP contribution in [0.15, 0.2) is 74.8 Å². The van der Waals surface area contributed by atoms with E-state index in [1.165, 1.54) is 30.0 Å². The van der Waals surface area contributed by atoms with E-state index in [1.807, 2.05) is 24.3 Å². The number of nitrogens with one attached hydrogen (secondary N) is 1. The molecule has 0 atom stereocenters. The van der Waals surface area contributed by atoms with Crippen molar-refractivity contribution < 1.29 is 14.1 Å². The van der Waals surface area contributed by atoms with Gasteiger partial charge in [-0.3, -0.25) is 14.9 Å². The predicted molar refractivity (Wildman–Crippen MR) is 117 cm³/mol. The van der Waals surface area contributed by atoms with Crippen molar-refractivity contribution in [2.75, 3.05) is 11.1 Å². The van der Waals surface area contributed by atoms with Crippen LogP contribution in [-0.2, 0) is 4.79 Å². The van der Waals surface area contributed by atoms with Gasteiger partial charge < -0.3 is 9.73 Å². The fourth-order valence-corrected chi connectivity index (χ4v) is 4.00. The zero-order valence-electron chi connectivity index (χ0n) is 15.2. The Morgan fingerprint density at radius 1 is 1.17 bits per heavy atom. The van der Waals surface area contributed by atoms with Crippen molar-refractivity contribution in [1.29, 1.82) is 0 Å². The van der Waals surface area contributed by atoms with Crippen molar-refractivity contribution >= 4 is 55.9 Å². The van der Waals surface area contributed by atoms with E-state index < -0.39 is 4.92 Å². The minimum Gasteiger partial charge on any atom is -0.461 e. The summed E-state index contributed by atoms with van der Waals surface area (Å²) in [5, 5.41) is 15.1. The largest absolute Gasteiger partial charge is 0.461 e. The molecule has 0 aliphatic carbocycles. The standard InChI is InChI=1S/C20H13BrN4O4S/c21-14-10-12(25(27)28)7-8-16(14)22-18(26)11-30-20-13-4-1-2-5-15(13)23-19(24-20)17-6-3-9-29-17/h1-10H,11H2,(H,22,26). The molecule has 2 aromatic carbocycles. The second-order valence-electron chi connectivity index (χ2n) is 6.10. The first-order valence-corrected chi connectivity index (χ1v) is 10.5. The van der Waals surface area contributed by atoms with Crippen LogP contribution in [0.1, 0.15) is 0 Å². The number of aromatic nitrogens is 2. The van der Waals surface area contributed by atoms with Gasteiger partial charge in [0.2, 0.25) is 5.91 Å². The number of amides is 1. The van der Waals surface area contributed by atoms with Crippen molar-refractivity contribution in [3.8, 4) is 11.6 Å². The number of nitro groups is 1. The van der Waals surface area contributed by atoms with Crippen LogP contribution < -0.4 is 5.32 Å². The number of halogens is 1. The number of fused-ring (bicyclic) bond motifs is 1. The van der Waals surface area contributed by atoms with Crippen molar-refractivity contribution in [3.05, 3.63) is 75.4 Å². The summed E-state index contributed by atoms with van der Waals surface area (Å²) in [6.45, 7) is 0. The first-order chi connectivity index (χ1) is 14.5. The lowest BCUT2D eigenvalue weighted by Gasteiger charge is -2.09. The summed E-state index contributed by atoms with van der Waals surface area (Å²) in [5.74, 6) is 0.820. The lowest BCUT2D eigenvalue weighted by atomic mass is 10.2. The molecule has 0 saturated carbocycles. The lowest BCUT2D eigenvalue weighted by molar-refractivity contribution is -0.384. The van der Waals surface area contributed by atoms with Gasteiger partial charge in [0.05, 0.1) is 28.1 Å². The molecule has 30 heavy (non-hydrogen) atoms. The van der Waals surface area contributed by atoms with Crippen LogP contribution in [0.4, 0.5) is 11.4 Å². The van der Waals surface area contributed by atoms with E-state index in [1.54, 1.807) is 18.4 Å². The molecule has 4 aromatic rings. The fraction of sp³-hybridized carbons (Fsp3) is 0.0500. The number of anilines is 1. The van der Waals surface area contributed by atoms with Crippen molar-refractivity contribution in [3.63, 3.8) is 0 Å². The van der Waals surface area contributed by atoms with E-state index in [0.29, 0.717) is 26.8 Å². The maximum Gasteiger partial charge on any atom is 0.270 e. The number of hydrogen-bond donors (Lipinski definition) is 1. The second kappa shape index (κ2) is 8.64. The van der Waals surface area contributed by atoms with Gasteiger partial charge in [-0.2, -0.15) is 0 Å². The molecule has 0 fully saturated rings. The molecule has 0 radical (unpaired) electrons. The summed E-state index contributed by atoms with van der Waals surface area (Å²) in [5.41, 5.74) is 1.14. The van der Waals surface area contributed by atoms with E-state index in [0.717, 1.165) is 10.9 Å². The molecule has 8 nitrogen and oxygen atoms in total. The highest BCUT2D eigenvalue weighted by Crippen LogP contribution is 2.30. The predicted octanol–water partition coefficient (Wildman–Crippen LogP) is 5.29. The summed E-state index contributed by atoms with van der Waals surface area (Å²) in [6.07, 6.45) is 1.55. The Hall–Kier alpha value is -3.24. The molecule has 0 aliphatic rings. The van der Waals surface area contributed by atoms with Gasteiger partial charge in [-0.1, -0.05) is 30.0 Å². The molecule has 2 heterocycles. The molecule has 150 valence electrons. The molecule has 10 heteroatoms. The Labute approximate surface area is 183 Å². The number of para-hydroxylation sites is 1. The van der Waals surface area contributed by atoms with E-state index in [9.17, 15) is 14.9 Å². The molecule has 0 spiro atoms. The van der Waals surface area contributed by atoms with Crippen LogP contribution in [-0.4, -0.2) is 26.6 Å². The summed E-state index contributed by atoms with van der Waals surface area (Å²) < 4.78 is 5.83. The maximum absolute atomic E-state index is 12.5. The highest BCUT2D eigenvalue weighted by molar-refractivity contribution is 9.10. The third kappa shape index (κ3) is 4.34. The number of carbonyl (C=O) groups excluding carboxylic acids is 1. The SMILES string of the molecule is O=C(CSc1nc(-c2ccco2)nc2ccccc12)Nc1ccc([N+](=O)[O-])cc1Br. The van der Waals surface area contributed by atoms with Gasteiger partial charge in [0.25, 0.3) is 5.69 Å². The Morgan fingerprint density at radius 2 is 2.00 bits per heavy atom. The summed E-state index contributed by atoms with van der Waals surface area (Å²) >= 11 is 4.52. The zero-order valence-corrected chi connectivity index (χ0v) is 17.6. The quantitative estimate of drug-likeness (QED) is 0.171. The van der Waals surface area contributed by atoms with Gasteiger partial charge in [-0.25, -0.2) is 9.97 Å². The molecule has 1 amide bonds. The second-order valence-corrected chi connectivity index (χ2v) is 7.92. The highest BCUT2D eigenvalue weighted by Gasteiger charge is 2.15. The topological polar surface area (TPSA) is 111 Å². The molecule has 1 N–H and O–H groups in total. The van der Waals surface area contributed by atoms with E-state index in [2.05, 4.69) is 31.2 Å². The number of hydrogen-bond acceptors (Lipinski definition) is 7. The normalized spacial score (nSPS) is 10.8. The fourth-order valence-electron chi connectivity index (χ4n) is 2.71. The Bertz CT molecular complexity index is 1250. The van der Waals surface area contributed by atoms with Gasteiger partial charge in [-0.05, 0) is 40.2 Å².